The molecule has 0 saturated heterocycles. The molecule has 2 nitrogen and oxygen atoms in total. The van der Waals surface area contributed by atoms with E-state index in [1.165, 1.54) is 30.2 Å². The van der Waals surface area contributed by atoms with Gasteiger partial charge in [-0.05, 0) is 55.2 Å². The number of para-hydroxylation sites is 1. The fourth-order valence-corrected chi connectivity index (χ4v) is 3.82. The predicted molar refractivity (Wildman–Crippen MR) is 83.7 cm³/mol. The Bertz CT molecular complexity index is 625. The number of aromatic nitrogens is 1. The number of hydrogen-bond donors (Lipinski definition) is 1. The first-order valence-electron chi connectivity index (χ1n) is 7.86. The Labute approximate surface area is 120 Å². The zero-order valence-electron chi connectivity index (χ0n) is 11.8. The van der Waals surface area contributed by atoms with Crippen LogP contribution in [0.4, 0.5) is 0 Å². The van der Waals surface area contributed by atoms with Crippen molar-refractivity contribution in [2.24, 2.45) is 11.8 Å². The van der Waals surface area contributed by atoms with E-state index < -0.39 is 0 Å². The summed E-state index contributed by atoms with van der Waals surface area (Å²) in [4.78, 5) is 0. The van der Waals surface area contributed by atoms with Gasteiger partial charge >= 0.3 is 0 Å². The Morgan fingerprint density at radius 1 is 1.20 bits per heavy atom. The van der Waals surface area contributed by atoms with E-state index in [1.54, 1.807) is 0 Å². The monoisotopic (exact) mass is 266 g/mol. The first-order chi connectivity index (χ1) is 9.92. The number of hydrogen-bond acceptors (Lipinski definition) is 1. The van der Waals surface area contributed by atoms with Gasteiger partial charge in [0.25, 0.3) is 0 Å². The van der Waals surface area contributed by atoms with Gasteiger partial charge in [-0.2, -0.15) is 0 Å². The summed E-state index contributed by atoms with van der Waals surface area (Å²) in [5, 5.41) is 5.08. The maximum atomic E-state index is 3.74. The van der Waals surface area contributed by atoms with Gasteiger partial charge in [0.1, 0.15) is 0 Å². The lowest BCUT2D eigenvalue weighted by molar-refractivity contribution is 0.163. The smallest absolute Gasteiger partial charge is 0.0480 e. The molecule has 2 aliphatic carbocycles. The van der Waals surface area contributed by atoms with E-state index in [2.05, 4.69) is 58.6 Å². The molecule has 3 unspecified atom stereocenters. The van der Waals surface area contributed by atoms with Gasteiger partial charge < -0.3 is 9.88 Å². The third kappa shape index (κ3) is 2.08. The van der Waals surface area contributed by atoms with Crippen molar-refractivity contribution in [1.29, 1.82) is 0 Å². The van der Waals surface area contributed by atoms with Crippen LogP contribution in [0.2, 0.25) is 0 Å². The Morgan fingerprint density at radius 2 is 2.15 bits per heavy atom. The average molecular weight is 266 g/mol. The SMILES string of the molecule is C1=CC2C(C1)CC2NCCCn1ccc2ccccc21. The van der Waals surface area contributed by atoms with Gasteiger partial charge in [-0.3, -0.25) is 0 Å². The Kier molecular flexibility index (Phi) is 3.12. The van der Waals surface area contributed by atoms with Crippen molar-refractivity contribution >= 4 is 10.9 Å². The molecule has 2 aliphatic rings. The minimum atomic E-state index is 0.750. The highest BCUT2D eigenvalue weighted by atomic mass is 15.0. The van der Waals surface area contributed by atoms with E-state index in [4.69, 9.17) is 0 Å². The number of benzene rings is 1. The summed E-state index contributed by atoms with van der Waals surface area (Å²) in [5.74, 6) is 1.79. The van der Waals surface area contributed by atoms with Crippen LogP contribution in [0.5, 0.6) is 0 Å². The van der Waals surface area contributed by atoms with Gasteiger partial charge in [0, 0.05) is 24.3 Å². The normalized spacial score (nSPS) is 27.7. The fraction of sp³-hybridized carbons (Fsp3) is 0.444. The second-order valence-electron chi connectivity index (χ2n) is 6.22. The molecule has 1 fully saturated rings. The van der Waals surface area contributed by atoms with Crippen molar-refractivity contribution in [1.82, 2.24) is 9.88 Å². The number of nitrogens with one attached hydrogen (secondary N) is 1. The number of fused-ring (bicyclic) bond motifs is 2. The summed E-state index contributed by atoms with van der Waals surface area (Å²) in [7, 11) is 0. The average Bonchev–Trinajstić information content (AvgIpc) is 3.03. The summed E-state index contributed by atoms with van der Waals surface area (Å²) in [6, 6.07) is 11.6. The Hall–Kier alpha value is -1.54. The highest BCUT2D eigenvalue weighted by Crippen LogP contribution is 2.42. The molecular weight excluding hydrogens is 244 g/mol. The summed E-state index contributed by atoms with van der Waals surface area (Å²) >= 11 is 0. The van der Waals surface area contributed by atoms with E-state index in [1.807, 2.05) is 0 Å². The first-order valence-corrected chi connectivity index (χ1v) is 7.86. The van der Waals surface area contributed by atoms with Gasteiger partial charge in [-0.25, -0.2) is 0 Å². The summed E-state index contributed by atoms with van der Waals surface area (Å²) < 4.78 is 2.37. The number of aryl methyl sites for hydroxylation is 1. The quantitative estimate of drug-likeness (QED) is 0.646. The lowest BCUT2D eigenvalue weighted by Gasteiger charge is -2.40. The van der Waals surface area contributed by atoms with Crippen molar-refractivity contribution in [3.63, 3.8) is 0 Å². The van der Waals surface area contributed by atoms with Gasteiger partial charge in [0.05, 0.1) is 0 Å². The summed E-state index contributed by atoms with van der Waals surface area (Å²) in [5.41, 5.74) is 1.36. The van der Waals surface area contributed by atoms with Crippen LogP contribution in [-0.4, -0.2) is 17.2 Å². The molecule has 0 aliphatic heterocycles. The van der Waals surface area contributed by atoms with Crippen LogP contribution in [0.3, 0.4) is 0 Å². The molecule has 20 heavy (non-hydrogen) atoms. The molecule has 1 heterocycles. The van der Waals surface area contributed by atoms with Crippen molar-refractivity contribution in [3.8, 4) is 0 Å². The molecule has 0 bridgehead atoms. The minimum Gasteiger partial charge on any atom is -0.347 e. The molecular formula is C18H22N2. The second kappa shape index (κ2) is 5.10. The topological polar surface area (TPSA) is 17.0 Å². The molecule has 0 radical (unpaired) electrons. The maximum Gasteiger partial charge on any atom is 0.0480 e. The maximum absolute atomic E-state index is 3.74. The van der Waals surface area contributed by atoms with E-state index >= 15 is 0 Å². The third-order valence-electron chi connectivity index (χ3n) is 5.03. The second-order valence-corrected chi connectivity index (χ2v) is 6.22. The highest BCUT2D eigenvalue weighted by Gasteiger charge is 2.40. The molecule has 4 rings (SSSR count). The standard InChI is InChI=1S/C18H22N2/c1-2-8-18-14(5-1)9-12-20(18)11-4-10-19-17-13-15-6-3-7-16(15)17/h1-3,5,7-9,12,15-17,19H,4,6,10-11,13H2. The van der Waals surface area contributed by atoms with Crippen LogP contribution < -0.4 is 5.32 Å². The summed E-state index contributed by atoms with van der Waals surface area (Å²) in [6.07, 6.45) is 10.9. The van der Waals surface area contributed by atoms with Gasteiger partial charge in [-0.15, -0.1) is 0 Å². The van der Waals surface area contributed by atoms with Gasteiger partial charge in [-0.1, -0.05) is 30.4 Å². The molecule has 2 aromatic rings. The highest BCUT2D eigenvalue weighted by molar-refractivity contribution is 5.79. The lowest BCUT2D eigenvalue weighted by Crippen LogP contribution is -2.48. The van der Waals surface area contributed by atoms with Crippen molar-refractivity contribution in [2.45, 2.75) is 31.8 Å². The van der Waals surface area contributed by atoms with Crippen LogP contribution >= 0.6 is 0 Å². The Balaban J connectivity index is 1.28. The minimum absolute atomic E-state index is 0.750. The lowest BCUT2D eigenvalue weighted by atomic mass is 9.71. The number of allylic oxidation sites excluding steroid dienone is 1. The van der Waals surface area contributed by atoms with Gasteiger partial charge in [0.15, 0.2) is 0 Å². The molecule has 104 valence electrons. The van der Waals surface area contributed by atoms with Gasteiger partial charge in [0.2, 0.25) is 0 Å². The first kappa shape index (κ1) is 12.2. The van der Waals surface area contributed by atoms with Crippen LogP contribution in [0.25, 0.3) is 10.9 Å². The summed E-state index contributed by atoms with van der Waals surface area (Å²) in [6.45, 7) is 2.24. The molecule has 1 saturated carbocycles. The predicted octanol–water partition coefficient (Wildman–Crippen LogP) is 3.59. The third-order valence-corrected chi connectivity index (χ3v) is 5.03. The molecule has 0 amide bonds. The van der Waals surface area contributed by atoms with Crippen LogP contribution in [0.1, 0.15) is 19.3 Å². The van der Waals surface area contributed by atoms with Crippen molar-refractivity contribution in [2.75, 3.05) is 6.54 Å². The molecule has 2 heteroatoms. The van der Waals surface area contributed by atoms with E-state index in [0.29, 0.717) is 0 Å². The Morgan fingerprint density at radius 3 is 3.10 bits per heavy atom. The van der Waals surface area contributed by atoms with Crippen molar-refractivity contribution < 1.29 is 0 Å². The molecule has 1 aromatic heterocycles. The number of nitrogens with zero attached hydrogens (tertiary/aromatic N) is 1. The largest absolute Gasteiger partial charge is 0.347 e. The fourth-order valence-electron chi connectivity index (χ4n) is 3.82. The zero-order chi connectivity index (χ0) is 13.4. The van der Waals surface area contributed by atoms with Crippen molar-refractivity contribution in [3.05, 3.63) is 48.7 Å². The van der Waals surface area contributed by atoms with E-state index in [9.17, 15) is 0 Å². The molecule has 0 spiro atoms. The van der Waals surface area contributed by atoms with E-state index in [0.717, 1.165) is 31.0 Å². The number of rotatable bonds is 5. The molecule has 3 atom stereocenters. The molecule has 1 N–H and O–H groups in total. The van der Waals surface area contributed by atoms with Crippen LogP contribution in [0.15, 0.2) is 48.7 Å². The zero-order valence-corrected chi connectivity index (χ0v) is 11.8. The van der Waals surface area contributed by atoms with Crippen LogP contribution in [-0.2, 0) is 6.54 Å². The molecule has 1 aromatic carbocycles. The van der Waals surface area contributed by atoms with Crippen LogP contribution in [0, 0.1) is 11.8 Å². The van der Waals surface area contributed by atoms with E-state index in [-0.39, 0.29) is 0 Å².